The minimum absolute atomic E-state index is 0.348. The second-order valence-corrected chi connectivity index (χ2v) is 5.42. The molecule has 2 unspecified atom stereocenters. The Morgan fingerprint density at radius 3 is 2.79 bits per heavy atom. The van der Waals surface area contributed by atoms with Crippen molar-refractivity contribution in [3.05, 3.63) is 35.4 Å². The van der Waals surface area contributed by atoms with Gasteiger partial charge in [0.2, 0.25) is 0 Å². The highest BCUT2D eigenvalue weighted by molar-refractivity contribution is 5.32. The first-order chi connectivity index (χ1) is 8.96. The van der Waals surface area contributed by atoms with Crippen molar-refractivity contribution in [2.45, 2.75) is 50.7 Å². The number of nitrogens with one attached hydrogen (secondary N) is 1. The maximum absolute atomic E-state index is 12.3. The Labute approximate surface area is 112 Å². The van der Waals surface area contributed by atoms with Gasteiger partial charge in [-0.05, 0) is 43.2 Å². The van der Waals surface area contributed by atoms with E-state index in [2.05, 4.69) is 17.4 Å². The van der Waals surface area contributed by atoms with Crippen LogP contribution in [0.2, 0.25) is 0 Å². The van der Waals surface area contributed by atoms with Crippen LogP contribution >= 0.6 is 0 Å². The van der Waals surface area contributed by atoms with Crippen LogP contribution in [0.3, 0.4) is 0 Å². The van der Waals surface area contributed by atoms with Gasteiger partial charge in [0.1, 0.15) is 0 Å². The first kappa shape index (κ1) is 14.4. The molecule has 1 nitrogen and oxygen atoms in total. The van der Waals surface area contributed by atoms with Crippen LogP contribution < -0.4 is 5.32 Å². The molecule has 0 aromatic heterocycles. The third-order valence-corrected chi connectivity index (χ3v) is 3.74. The van der Waals surface area contributed by atoms with Crippen LogP contribution in [0.4, 0.5) is 13.2 Å². The molecule has 2 atom stereocenters. The Morgan fingerprint density at radius 1 is 1.32 bits per heavy atom. The summed E-state index contributed by atoms with van der Waals surface area (Å²) in [5.41, 5.74) is 2.66. The van der Waals surface area contributed by atoms with E-state index in [1.54, 1.807) is 6.92 Å². The second-order valence-electron chi connectivity index (χ2n) is 5.42. The molecule has 1 N–H and O–H groups in total. The Kier molecular flexibility index (Phi) is 4.50. The van der Waals surface area contributed by atoms with Crippen LogP contribution in [0.5, 0.6) is 0 Å². The molecule has 0 amide bonds. The highest BCUT2D eigenvalue weighted by Gasteiger charge is 2.30. The number of hydrogen-bond acceptors (Lipinski definition) is 1. The van der Waals surface area contributed by atoms with Gasteiger partial charge >= 0.3 is 6.18 Å². The van der Waals surface area contributed by atoms with E-state index in [-0.39, 0.29) is 0 Å². The summed E-state index contributed by atoms with van der Waals surface area (Å²) in [7, 11) is 0. The van der Waals surface area contributed by atoms with Gasteiger partial charge in [-0.1, -0.05) is 24.3 Å². The van der Waals surface area contributed by atoms with Crippen molar-refractivity contribution in [2.75, 3.05) is 6.54 Å². The Balaban J connectivity index is 1.91. The molecule has 1 aromatic rings. The number of benzene rings is 1. The zero-order valence-corrected chi connectivity index (χ0v) is 11.1. The highest BCUT2D eigenvalue weighted by Crippen LogP contribution is 2.31. The SMILES string of the molecule is CC(CC(F)(F)F)NCC1CCCc2ccccc21. The Morgan fingerprint density at radius 2 is 2.05 bits per heavy atom. The number of aryl methyl sites for hydroxylation is 1. The quantitative estimate of drug-likeness (QED) is 0.871. The van der Waals surface area contributed by atoms with Crippen LogP contribution in [0.1, 0.15) is 43.2 Å². The van der Waals surface area contributed by atoms with Gasteiger partial charge in [0, 0.05) is 12.6 Å². The lowest BCUT2D eigenvalue weighted by molar-refractivity contribution is -0.139. The molecule has 0 aliphatic heterocycles. The predicted molar refractivity (Wildman–Crippen MR) is 70.3 cm³/mol. The fraction of sp³-hybridized carbons (Fsp3) is 0.600. The molecule has 0 saturated heterocycles. The van der Waals surface area contributed by atoms with E-state index in [1.165, 1.54) is 11.1 Å². The van der Waals surface area contributed by atoms with E-state index < -0.39 is 18.6 Å². The monoisotopic (exact) mass is 271 g/mol. The zero-order chi connectivity index (χ0) is 13.9. The lowest BCUT2D eigenvalue weighted by Gasteiger charge is -2.27. The van der Waals surface area contributed by atoms with E-state index in [0.717, 1.165) is 19.3 Å². The molecule has 1 aliphatic carbocycles. The third kappa shape index (κ3) is 4.23. The summed E-state index contributed by atoms with van der Waals surface area (Å²) in [5, 5.41) is 3.03. The van der Waals surface area contributed by atoms with Gasteiger partial charge in [-0.25, -0.2) is 0 Å². The average Bonchev–Trinajstić information content (AvgIpc) is 2.34. The maximum Gasteiger partial charge on any atom is 0.390 e. The topological polar surface area (TPSA) is 12.0 Å². The highest BCUT2D eigenvalue weighted by atomic mass is 19.4. The minimum Gasteiger partial charge on any atom is -0.313 e. The van der Waals surface area contributed by atoms with Crippen molar-refractivity contribution >= 4 is 0 Å². The molecular formula is C15H20F3N. The van der Waals surface area contributed by atoms with Crippen molar-refractivity contribution < 1.29 is 13.2 Å². The van der Waals surface area contributed by atoms with Crippen molar-refractivity contribution in [1.82, 2.24) is 5.32 Å². The molecule has 0 saturated carbocycles. The van der Waals surface area contributed by atoms with Gasteiger partial charge < -0.3 is 5.32 Å². The van der Waals surface area contributed by atoms with Crippen molar-refractivity contribution in [3.63, 3.8) is 0 Å². The van der Waals surface area contributed by atoms with Crippen LogP contribution in [0.15, 0.2) is 24.3 Å². The van der Waals surface area contributed by atoms with Crippen molar-refractivity contribution in [1.29, 1.82) is 0 Å². The van der Waals surface area contributed by atoms with E-state index in [1.807, 2.05) is 12.1 Å². The first-order valence-corrected chi connectivity index (χ1v) is 6.83. The number of hydrogen-bond donors (Lipinski definition) is 1. The largest absolute Gasteiger partial charge is 0.390 e. The zero-order valence-electron chi connectivity index (χ0n) is 11.1. The smallest absolute Gasteiger partial charge is 0.313 e. The maximum atomic E-state index is 12.3. The molecule has 1 aliphatic rings. The molecule has 0 bridgehead atoms. The van der Waals surface area contributed by atoms with Gasteiger partial charge in [0.25, 0.3) is 0 Å². The fourth-order valence-corrected chi connectivity index (χ4v) is 2.83. The summed E-state index contributed by atoms with van der Waals surface area (Å²) in [6.07, 6.45) is -1.58. The Bertz CT molecular complexity index is 414. The van der Waals surface area contributed by atoms with Crippen LogP contribution in [-0.4, -0.2) is 18.8 Å². The van der Waals surface area contributed by atoms with Crippen LogP contribution in [0, 0.1) is 0 Å². The molecule has 1 aromatic carbocycles. The summed E-state index contributed by atoms with van der Waals surface area (Å²) in [5.74, 6) is 0.348. The molecule has 0 spiro atoms. The number of halogens is 3. The van der Waals surface area contributed by atoms with E-state index in [0.29, 0.717) is 12.5 Å². The van der Waals surface area contributed by atoms with Crippen LogP contribution in [-0.2, 0) is 6.42 Å². The second kappa shape index (κ2) is 5.95. The van der Waals surface area contributed by atoms with E-state index in [9.17, 15) is 13.2 Å². The molecule has 2 rings (SSSR count). The summed E-state index contributed by atoms with van der Waals surface area (Å²) in [6, 6.07) is 7.75. The standard InChI is InChI=1S/C15H20F3N/c1-11(9-15(16,17)18)19-10-13-7-4-6-12-5-2-3-8-14(12)13/h2-3,5,8,11,13,19H,4,6-7,9-10H2,1H3. The number of fused-ring (bicyclic) bond motifs is 1. The van der Waals surface area contributed by atoms with Gasteiger partial charge in [-0.15, -0.1) is 0 Å². The summed E-state index contributed by atoms with van der Waals surface area (Å²) in [6.45, 7) is 2.23. The van der Waals surface area contributed by atoms with Gasteiger partial charge in [-0.2, -0.15) is 13.2 Å². The Hall–Kier alpha value is -1.03. The number of alkyl halides is 3. The van der Waals surface area contributed by atoms with E-state index in [4.69, 9.17) is 0 Å². The molecular weight excluding hydrogens is 251 g/mol. The molecule has 0 heterocycles. The molecule has 0 radical (unpaired) electrons. The lowest BCUT2D eigenvalue weighted by atomic mass is 9.83. The normalized spacial score (nSPS) is 20.9. The lowest BCUT2D eigenvalue weighted by Crippen LogP contribution is -2.34. The summed E-state index contributed by atoms with van der Waals surface area (Å²) in [4.78, 5) is 0. The predicted octanol–water partition coefficient (Wildman–Crippen LogP) is 4.04. The van der Waals surface area contributed by atoms with Gasteiger partial charge in [0.15, 0.2) is 0 Å². The molecule has 106 valence electrons. The molecule has 0 fully saturated rings. The van der Waals surface area contributed by atoms with E-state index >= 15 is 0 Å². The average molecular weight is 271 g/mol. The number of rotatable bonds is 4. The van der Waals surface area contributed by atoms with Gasteiger partial charge in [0.05, 0.1) is 6.42 Å². The first-order valence-electron chi connectivity index (χ1n) is 6.83. The third-order valence-electron chi connectivity index (χ3n) is 3.74. The summed E-state index contributed by atoms with van der Waals surface area (Å²) >= 11 is 0. The molecule has 19 heavy (non-hydrogen) atoms. The summed E-state index contributed by atoms with van der Waals surface area (Å²) < 4.78 is 36.8. The van der Waals surface area contributed by atoms with Gasteiger partial charge in [-0.3, -0.25) is 0 Å². The van der Waals surface area contributed by atoms with Crippen molar-refractivity contribution in [2.24, 2.45) is 0 Å². The molecule has 4 heteroatoms. The van der Waals surface area contributed by atoms with Crippen molar-refractivity contribution in [3.8, 4) is 0 Å². The van der Waals surface area contributed by atoms with Crippen LogP contribution in [0.25, 0.3) is 0 Å². The fourth-order valence-electron chi connectivity index (χ4n) is 2.83. The minimum atomic E-state index is -4.09.